The van der Waals surface area contributed by atoms with Crippen LogP contribution in [0.2, 0.25) is 0 Å². The molecular weight excluding hydrogens is 376 g/mol. The van der Waals surface area contributed by atoms with E-state index in [1.807, 2.05) is 60.7 Å². The van der Waals surface area contributed by atoms with E-state index in [4.69, 9.17) is 9.47 Å². The Labute approximate surface area is 169 Å². The van der Waals surface area contributed by atoms with Crippen molar-refractivity contribution in [2.45, 2.75) is 50.7 Å². The number of fused-ring (bicyclic) bond motifs is 1. The summed E-state index contributed by atoms with van der Waals surface area (Å²) in [6.45, 7) is 2.16. The Morgan fingerprint density at radius 1 is 0.966 bits per heavy atom. The van der Waals surface area contributed by atoms with Crippen LogP contribution in [0.5, 0.6) is 0 Å². The molecule has 2 aliphatic rings. The van der Waals surface area contributed by atoms with Crippen LogP contribution in [0.1, 0.15) is 24.5 Å². The molecule has 0 radical (unpaired) electrons. The van der Waals surface area contributed by atoms with Crippen LogP contribution in [0.3, 0.4) is 0 Å². The molecule has 4 rings (SSSR count). The molecule has 2 aromatic carbocycles. The van der Waals surface area contributed by atoms with Gasteiger partial charge in [-0.2, -0.15) is 0 Å². The lowest BCUT2D eigenvalue weighted by Crippen LogP contribution is -2.58. The molecule has 2 heterocycles. The van der Waals surface area contributed by atoms with Crippen molar-refractivity contribution in [3.05, 3.63) is 71.8 Å². The van der Waals surface area contributed by atoms with Gasteiger partial charge in [0.1, 0.15) is 12.1 Å². The molecule has 0 spiro atoms. The molecule has 1 amide bonds. The van der Waals surface area contributed by atoms with E-state index in [2.05, 4.69) is 0 Å². The summed E-state index contributed by atoms with van der Waals surface area (Å²) in [5.41, 5.74) is 1.75. The van der Waals surface area contributed by atoms with Gasteiger partial charge in [0.15, 0.2) is 6.10 Å². The van der Waals surface area contributed by atoms with Crippen LogP contribution in [-0.4, -0.2) is 41.5 Å². The predicted octanol–water partition coefficient (Wildman–Crippen LogP) is 4.04. The molecule has 2 aliphatic heterocycles. The van der Waals surface area contributed by atoms with E-state index in [9.17, 15) is 4.79 Å². The molecule has 4 nitrogen and oxygen atoms in total. The summed E-state index contributed by atoms with van der Waals surface area (Å²) >= 11 is 0. The molecule has 0 bridgehead atoms. The molecule has 2 aromatic rings. The number of ether oxygens (including phenoxy) is 2. The molecule has 2 fully saturated rings. The molecule has 6 heteroatoms. The maximum absolute atomic E-state index is 15.1. The summed E-state index contributed by atoms with van der Waals surface area (Å²) in [4.78, 5) is 14.2. The second kappa shape index (κ2) is 8.20. The zero-order valence-electron chi connectivity index (χ0n) is 16.3. The van der Waals surface area contributed by atoms with Crippen LogP contribution in [0.15, 0.2) is 60.7 Å². The molecule has 0 aliphatic carbocycles. The SMILES string of the molecule is C[C@H]1CCN2C(=O)[C@H](OCc3ccccc3)[C@@H](OCc3ccccc3)[C@H]2C1(F)F. The first kappa shape index (κ1) is 20.0. The second-order valence-corrected chi connectivity index (χ2v) is 7.82. The van der Waals surface area contributed by atoms with E-state index in [-0.39, 0.29) is 19.6 Å². The Morgan fingerprint density at radius 3 is 2.10 bits per heavy atom. The molecule has 0 N–H and O–H groups in total. The van der Waals surface area contributed by atoms with E-state index in [1.165, 1.54) is 11.8 Å². The van der Waals surface area contributed by atoms with Gasteiger partial charge in [-0.15, -0.1) is 0 Å². The molecule has 4 atom stereocenters. The fraction of sp³-hybridized carbons (Fsp3) is 0.435. The maximum atomic E-state index is 15.1. The number of hydrogen-bond acceptors (Lipinski definition) is 3. The smallest absolute Gasteiger partial charge is 0.273 e. The molecule has 2 saturated heterocycles. The van der Waals surface area contributed by atoms with Gasteiger partial charge in [-0.3, -0.25) is 4.79 Å². The van der Waals surface area contributed by atoms with Crippen molar-refractivity contribution in [1.82, 2.24) is 4.90 Å². The monoisotopic (exact) mass is 401 g/mol. The van der Waals surface area contributed by atoms with Crippen LogP contribution in [0.25, 0.3) is 0 Å². The van der Waals surface area contributed by atoms with Crippen LogP contribution in [0.4, 0.5) is 8.78 Å². The second-order valence-electron chi connectivity index (χ2n) is 7.82. The number of carbonyl (C=O) groups is 1. The lowest BCUT2D eigenvalue weighted by molar-refractivity contribution is -0.178. The van der Waals surface area contributed by atoms with Gasteiger partial charge in [0.2, 0.25) is 0 Å². The number of halogens is 2. The first-order chi connectivity index (χ1) is 14.0. The summed E-state index contributed by atoms with van der Waals surface area (Å²) in [6.07, 6.45) is -1.80. The minimum atomic E-state index is -3.03. The predicted molar refractivity (Wildman–Crippen MR) is 104 cm³/mol. The fourth-order valence-corrected chi connectivity index (χ4v) is 4.15. The summed E-state index contributed by atoms with van der Waals surface area (Å²) < 4.78 is 42.0. The van der Waals surface area contributed by atoms with Crippen molar-refractivity contribution in [3.63, 3.8) is 0 Å². The van der Waals surface area contributed by atoms with Crippen LogP contribution in [0, 0.1) is 5.92 Å². The summed E-state index contributed by atoms with van der Waals surface area (Å²) in [5, 5.41) is 0. The molecule has 29 heavy (non-hydrogen) atoms. The van der Waals surface area contributed by atoms with E-state index >= 15 is 8.78 Å². The molecular formula is C23H25F2NO3. The van der Waals surface area contributed by atoms with Gasteiger partial charge in [0, 0.05) is 12.5 Å². The van der Waals surface area contributed by atoms with Crippen LogP contribution in [-0.2, 0) is 27.5 Å². The van der Waals surface area contributed by atoms with E-state index in [0.29, 0.717) is 6.54 Å². The third-order valence-electron chi connectivity index (χ3n) is 5.88. The average molecular weight is 401 g/mol. The Balaban J connectivity index is 1.57. The third kappa shape index (κ3) is 3.91. The van der Waals surface area contributed by atoms with Crippen molar-refractivity contribution in [2.24, 2.45) is 5.92 Å². The van der Waals surface area contributed by atoms with E-state index in [0.717, 1.165) is 11.1 Å². The lowest BCUT2D eigenvalue weighted by Gasteiger charge is -2.42. The number of piperidine rings is 1. The Morgan fingerprint density at radius 2 is 1.52 bits per heavy atom. The van der Waals surface area contributed by atoms with Crippen molar-refractivity contribution >= 4 is 5.91 Å². The summed E-state index contributed by atoms with van der Waals surface area (Å²) in [5.74, 6) is -4.25. The highest BCUT2D eigenvalue weighted by molar-refractivity contribution is 5.85. The van der Waals surface area contributed by atoms with Crippen molar-refractivity contribution < 1.29 is 23.0 Å². The van der Waals surface area contributed by atoms with Gasteiger partial charge in [0.05, 0.1) is 13.2 Å². The highest BCUT2D eigenvalue weighted by Gasteiger charge is 2.63. The number of benzene rings is 2. The van der Waals surface area contributed by atoms with Crippen molar-refractivity contribution in [1.29, 1.82) is 0 Å². The highest BCUT2D eigenvalue weighted by atomic mass is 19.3. The maximum Gasteiger partial charge on any atom is 0.273 e. The fourth-order valence-electron chi connectivity index (χ4n) is 4.15. The molecule has 0 aromatic heterocycles. The minimum absolute atomic E-state index is 0.152. The first-order valence-electron chi connectivity index (χ1n) is 9.98. The largest absolute Gasteiger partial charge is 0.368 e. The van der Waals surface area contributed by atoms with Gasteiger partial charge in [-0.1, -0.05) is 67.6 Å². The van der Waals surface area contributed by atoms with Gasteiger partial charge >= 0.3 is 0 Å². The van der Waals surface area contributed by atoms with Gasteiger partial charge in [0.25, 0.3) is 11.8 Å². The number of amides is 1. The zero-order chi connectivity index (χ0) is 20.4. The van der Waals surface area contributed by atoms with Crippen LogP contribution < -0.4 is 0 Å². The number of rotatable bonds is 6. The average Bonchev–Trinajstić information content (AvgIpc) is 3.01. The zero-order valence-corrected chi connectivity index (χ0v) is 16.3. The molecule has 154 valence electrons. The number of carbonyl (C=O) groups excluding carboxylic acids is 1. The minimum Gasteiger partial charge on any atom is -0.368 e. The van der Waals surface area contributed by atoms with Gasteiger partial charge in [-0.05, 0) is 17.5 Å². The lowest BCUT2D eigenvalue weighted by atomic mass is 9.87. The number of hydrogen-bond donors (Lipinski definition) is 0. The first-order valence-corrected chi connectivity index (χ1v) is 9.98. The Bertz CT molecular complexity index is 831. The highest BCUT2D eigenvalue weighted by Crippen LogP contribution is 2.45. The third-order valence-corrected chi connectivity index (χ3v) is 5.88. The molecule has 0 unspecified atom stereocenters. The van der Waals surface area contributed by atoms with E-state index in [1.54, 1.807) is 0 Å². The topological polar surface area (TPSA) is 38.8 Å². The quantitative estimate of drug-likeness (QED) is 0.733. The summed E-state index contributed by atoms with van der Waals surface area (Å²) in [7, 11) is 0. The normalized spacial score (nSPS) is 28.4. The Kier molecular flexibility index (Phi) is 5.65. The van der Waals surface area contributed by atoms with Crippen LogP contribution >= 0.6 is 0 Å². The van der Waals surface area contributed by atoms with E-state index < -0.39 is 36.0 Å². The van der Waals surface area contributed by atoms with Gasteiger partial charge < -0.3 is 14.4 Å². The summed E-state index contributed by atoms with van der Waals surface area (Å²) in [6, 6.07) is 17.4. The number of alkyl halides is 2. The molecule has 0 saturated carbocycles. The van der Waals surface area contributed by atoms with Gasteiger partial charge in [-0.25, -0.2) is 8.78 Å². The van der Waals surface area contributed by atoms with Crippen molar-refractivity contribution in [2.75, 3.05) is 6.54 Å². The Hall–Kier alpha value is -2.31. The van der Waals surface area contributed by atoms with Crippen molar-refractivity contribution in [3.8, 4) is 0 Å². The standard InChI is InChI=1S/C23H25F2NO3/c1-16-12-13-26-21(23(16,24)25)19(28-14-17-8-4-2-5-9-17)20(22(26)27)29-15-18-10-6-3-7-11-18/h2-11,16,19-21H,12-15H2,1H3/t16-,19+,20+,21-/m0/s1. The number of nitrogens with zero attached hydrogens (tertiary/aromatic N) is 1.